The number of alkyl halides is 3. The SMILES string of the molecule is COc1ncc(NNC(=O)c2ccc(C(F)(F)F)c(Br)c2)cc1F. The number of amides is 1. The molecular formula is C14H10BrF4N3O2. The lowest BCUT2D eigenvalue weighted by atomic mass is 10.1. The van der Waals surface area contributed by atoms with Crippen molar-refractivity contribution < 1.29 is 27.1 Å². The first-order chi connectivity index (χ1) is 11.2. The molecule has 128 valence electrons. The fraction of sp³-hybridized carbons (Fsp3) is 0.143. The van der Waals surface area contributed by atoms with Crippen molar-refractivity contribution in [2.75, 3.05) is 12.5 Å². The predicted molar refractivity (Wildman–Crippen MR) is 81.0 cm³/mol. The van der Waals surface area contributed by atoms with Crippen LogP contribution in [0.15, 0.2) is 34.9 Å². The number of nitrogens with zero attached hydrogens (tertiary/aromatic N) is 1. The van der Waals surface area contributed by atoms with Crippen LogP contribution in [0, 0.1) is 5.82 Å². The highest BCUT2D eigenvalue weighted by Gasteiger charge is 2.33. The summed E-state index contributed by atoms with van der Waals surface area (Å²) in [6, 6.07) is 3.88. The summed E-state index contributed by atoms with van der Waals surface area (Å²) in [4.78, 5) is 15.6. The Morgan fingerprint density at radius 1 is 1.29 bits per heavy atom. The molecule has 0 atom stereocenters. The fourth-order valence-corrected chi connectivity index (χ4v) is 2.33. The highest BCUT2D eigenvalue weighted by atomic mass is 79.9. The van der Waals surface area contributed by atoms with Crippen LogP contribution in [0.2, 0.25) is 0 Å². The van der Waals surface area contributed by atoms with Gasteiger partial charge in [-0.15, -0.1) is 0 Å². The molecule has 10 heteroatoms. The molecule has 0 fully saturated rings. The maximum absolute atomic E-state index is 13.5. The standard InChI is InChI=1S/C14H10BrF4N3O2/c1-24-13-11(16)5-8(6-20-13)21-22-12(23)7-2-3-9(10(15)4-7)14(17,18)19/h2-6,21H,1H3,(H,22,23). The van der Waals surface area contributed by atoms with E-state index in [4.69, 9.17) is 0 Å². The first-order valence-corrected chi connectivity index (χ1v) is 7.14. The Bertz CT molecular complexity index is 768. The lowest BCUT2D eigenvalue weighted by Gasteiger charge is -2.12. The van der Waals surface area contributed by atoms with Crippen molar-refractivity contribution in [1.82, 2.24) is 10.4 Å². The average molecular weight is 408 g/mol. The lowest BCUT2D eigenvalue weighted by molar-refractivity contribution is -0.138. The van der Waals surface area contributed by atoms with Gasteiger partial charge in [0.15, 0.2) is 5.82 Å². The van der Waals surface area contributed by atoms with Gasteiger partial charge in [-0.05, 0) is 18.2 Å². The van der Waals surface area contributed by atoms with Gasteiger partial charge in [-0.1, -0.05) is 15.9 Å². The topological polar surface area (TPSA) is 63.2 Å². The number of nitrogens with one attached hydrogen (secondary N) is 2. The third kappa shape index (κ3) is 4.13. The Labute approximate surface area is 142 Å². The van der Waals surface area contributed by atoms with Gasteiger partial charge < -0.3 is 4.74 Å². The minimum Gasteiger partial charge on any atom is -0.479 e. The van der Waals surface area contributed by atoms with E-state index < -0.39 is 23.5 Å². The Hall–Kier alpha value is -2.36. The lowest BCUT2D eigenvalue weighted by Crippen LogP contribution is -2.29. The largest absolute Gasteiger partial charge is 0.479 e. The van der Waals surface area contributed by atoms with Crippen molar-refractivity contribution in [2.45, 2.75) is 6.18 Å². The maximum Gasteiger partial charge on any atom is 0.417 e. The molecule has 0 aliphatic heterocycles. The number of rotatable bonds is 4. The molecule has 24 heavy (non-hydrogen) atoms. The molecule has 0 saturated heterocycles. The van der Waals surface area contributed by atoms with Crippen LogP contribution >= 0.6 is 15.9 Å². The normalized spacial score (nSPS) is 11.1. The predicted octanol–water partition coefficient (Wildman–Crippen LogP) is 3.77. The number of methoxy groups -OCH3 is 1. The van der Waals surface area contributed by atoms with Crippen molar-refractivity contribution in [1.29, 1.82) is 0 Å². The summed E-state index contributed by atoms with van der Waals surface area (Å²) in [6.07, 6.45) is -3.32. The van der Waals surface area contributed by atoms with Gasteiger partial charge in [-0.3, -0.25) is 15.6 Å². The molecule has 0 spiro atoms. The first kappa shape index (κ1) is 18.0. The van der Waals surface area contributed by atoms with Gasteiger partial charge in [0.25, 0.3) is 5.91 Å². The quantitative estimate of drug-likeness (QED) is 0.598. The maximum atomic E-state index is 13.5. The second-order valence-corrected chi connectivity index (χ2v) is 5.34. The molecule has 0 aliphatic rings. The Kier molecular flexibility index (Phi) is 5.27. The summed E-state index contributed by atoms with van der Waals surface area (Å²) in [5.41, 5.74) is 3.84. The van der Waals surface area contributed by atoms with Gasteiger partial charge in [-0.25, -0.2) is 9.37 Å². The number of halogens is 5. The van der Waals surface area contributed by atoms with Gasteiger partial charge in [0, 0.05) is 16.1 Å². The summed E-state index contributed by atoms with van der Waals surface area (Å²) < 4.78 is 55.8. The van der Waals surface area contributed by atoms with Crippen molar-refractivity contribution in [3.05, 3.63) is 51.9 Å². The minimum atomic E-state index is -4.53. The molecule has 0 saturated carbocycles. The van der Waals surface area contributed by atoms with E-state index in [1.165, 1.54) is 13.3 Å². The van der Waals surface area contributed by atoms with E-state index in [2.05, 4.69) is 36.5 Å². The van der Waals surface area contributed by atoms with Crippen LogP contribution in [-0.2, 0) is 6.18 Å². The molecule has 0 bridgehead atoms. The summed E-state index contributed by atoms with van der Waals surface area (Å²) in [7, 11) is 1.25. The zero-order valence-corrected chi connectivity index (χ0v) is 13.6. The molecule has 1 amide bonds. The Morgan fingerprint density at radius 3 is 2.54 bits per heavy atom. The number of carbonyl (C=O) groups is 1. The second-order valence-electron chi connectivity index (χ2n) is 4.49. The summed E-state index contributed by atoms with van der Waals surface area (Å²) in [5, 5.41) is 0. The van der Waals surface area contributed by atoms with Crippen LogP contribution in [0.5, 0.6) is 5.88 Å². The van der Waals surface area contributed by atoms with E-state index in [0.29, 0.717) is 0 Å². The van der Waals surface area contributed by atoms with Gasteiger partial charge in [0.05, 0.1) is 24.6 Å². The van der Waals surface area contributed by atoms with E-state index in [1.807, 2.05) is 0 Å². The number of ether oxygens (including phenoxy) is 1. The fourth-order valence-electron chi connectivity index (χ4n) is 1.73. The van der Waals surface area contributed by atoms with Crippen LogP contribution < -0.4 is 15.6 Å². The summed E-state index contributed by atoms with van der Waals surface area (Å²) in [5.74, 6) is -1.66. The summed E-state index contributed by atoms with van der Waals surface area (Å²) in [6.45, 7) is 0. The minimum absolute atomic E-state index is 0.0238. The molecule has 2 rings (SSSR count). The highest BCUT2D eigenvalue weighted by molar-refractivity contribution is 9.10. The highest BCUT2D eigenvalue weighted by Crippen LogP contribution is 2.35. The van der Waals surface area contributed by atoms with Crippen molar-refractivity contribution in [2.24, 2.45) is 0 Å². The van der Waals surface area contributed by atoms with Crippen LogP contribution in [0.3, 0.4) is 0 Å². The third-order valence-electron chi connectivity index (χ3n) is 2.86. The molecule has 1 heterocycles. The van der Waals surface area contributed by atoms with Crippen LogP contribution in [0.25, 0.3) is 0 Å². The number of aromatic nitrogens is 1. The monoisotopic (exact) mass is 407 g/mol. The van der Waals surface area contributed by atoms with E-state index in [1.54, 1.807) is 0 Å². The van der Waals surface area contributed by atoms with E-state index in [0.717, 1.165) is 24.3 Å². The first-order valence-electron chi connectivity index (χ1n) is 6.35. The van der Waals surface area contributed by atoms with Gasteiger partial charge in [0.1, 0.15) is 0 Å². The number of pyridine rings is 1. The van der Waals surface area contributed by atoms with Gasteiger partial charge in [0.2, 0.25) is 5.88 Å². The molecular weight excluding hydrogens is 398 g/mol. The van der Waals surface area contributed by atoms with Gasteiger partial charge >= 0.3 is 6.18 Å². The molecule has 2 aromatic rings. The zero-order valence-electron chi connectivity index (χ0n) is 12.0. The molecule has 5 nitrogen and oxygen atoms in total. The van der Waals surface area contributed by atoms with E-state index >= 15 is 0 Å². The molecule has 0 radical (unpaired) electrons. The number of benzene rings is 1. The number of hydrogen-bond acceptors (Lipinski definition) is 4. The van der Waals surface area contributed by atoms with E-state index in [9.17, 15) is 22.4 Å². The smallest absolute Gasteiger partial charge is 0.417 e. The molecule has 2 N–H and O–H groups in total. The van der Waals surface area contributed by atoms with Crippen molar-refractivity contribution in [3.63, 3.8) is 0 Å². The van der Waals surface area contributed by atoms with Crippen molar-refractivity contribution in [3.8, 4) is 5.88 Å². The van der Waals surface area contributed by atoms with Gasteiger partial charge in [-0.2, -0.15) is 13.2 Å². The molecule has 0 aliphatic carbocycles. The number of hydrogen-bond donors (Lipinski definition) is 2. The molecule has 0 unspecified atom stereocenters. The molecule has 1 aromatic heterocycles. The van der Waals surface area contributed by atoms with Crippen LogP contribution in [-0.4, -0.2) is 18.0 Å². The van der Waals surface area contributed by atoms with Crippen LogP contribution in [0.1, 0.15) is 15.9 Å². The Morgan fingerprint density at radius 2 is 2.00 bits per heavy atom. The zero-order chi connectivity index (χ0) is 17.9. The summed E-state index contributed by atoms with van der Waals surface area (Å²) >= 11 is 2.78. The second kappa shape index (κ2) is 7.04. The average Bonchev–Trinajstić information content (AvgIpc) is 2.51. The number of carbonyl (C=O) groups excluding carboxylic acids is 1. The van der Waals surface area contributed by atoms with E-state index in [-0.39, 0.29) is 21.6 Å². The number of hydrazine groups is 1. The molecule has 1 aromatic carbocycles. The number of anilines is 1. The third-order valence-corrected chi connectivity index (χ3v) is 3.51. The van der Waals surface area contributed by atoms with Crippen LogP contribution in [0.4, 0.5) is 23.2 Å². The Balaban J connectivity index is 2.08. The van der Waals surface area contributed by atoms with Crippen molar-refractivity contribution >= 4 is 27.5 Å².